The van der Waals surface area contributed by atoms with Crippen LogP contribution in [0.4, 0.5) is 0 Å². The fourth-order valence-electron chi connectivity index (χ4n) is 4.01. The molecule has 0 aliphatic heterocycles. The van der Waals surface area contributed by atoms with Gasteiger partial charge in [0.25, 0.3) is 6.04 Å². The number of rotatable bonds is 18. The Morgan fingerprint density at radius 1 is 0.750 bits per heavy atom. The van der Waals surface area contributed by atoms with Gasteiger partial charge in [0.05, 0.1) is 0 Å². The van der Waals surface area contributed by atoms with Gasteiger partial charge in [0, 0.05) is 35.7 Å². The zero-order valence-corrected chi connectivity index (χ0v) is 19.2. The van der Waals surface area contributed by atoms with Crippen LogP contribution in [0.2, 0.25) is 0 Å². The highest BCUT2D eigenvalue weighted by molar-refractivity contribution is 5.84. The van der Waals surface area contributed by atoms with Crippen molar-refractivity contribution >= 4 is 5.78 Å². The van der Waals surface area contributed by atoms with Gasteiger partial charge in [-0.2, -0.15) is 0 Å². The van der Waals surface area contributed by atoms with Crippen LogP contribution >= 0.6 is 0 Å². The van der Waals surface area contributed by atoms with Crippen LogP contribution in [0.25, 0.3) is 0 Å². The number of nitrogens with zero attached hydrogens (tertiary/aromatic N) is 3. The van der Waals surface area contributed by atoms with Gasteiger partial charge in [0.15, 0.2) is 0 Å². The molecule has 6 heteroatoms. The van der Waals surface area contributed by atoms with Gasteiger partial charge >= 0.3 is 0 Å². The molecule has 0 spiro atoms. The van der Waals surface area contributed by atoms with Gasteiger partial charge in [-0.1, -0.05) is 94.5 Å². The zero-order valence-electron chi connectivity index (χ0n) is 19.2. The lowest BCUT2D eigenvalue weighted by Gasteiger charge is -2.08. The zero-order chi connectivity index (χ0) is 22.9. The highest BCUT2D eigenvalue weighted by atomic mass is 16.6. The summed E-state index contributed by atoms with van der Waals surface area (Å²) in [6.45, 7) is 0. The van der Waals surface area contributed by atoms with Crippen molar-refractivity contribution in [2.24, 2.45) is 0 Å². The predicted molar refractivity (Wildman–Crippen MR) is 127 cm³/mol. The van der Waals surface area contributed by atoms with Crippen molar-refractivity contribution < 1.29 is 9.72 Å². The molecule has 174 valence electrons. The minimum atomic E-state index is -1.22. The first-order valence-corrected chi connectivity index (χ1v) is 12.2. The molecular weight excluding hydrogens is 402 g/mol. The number of benzene rings is 1. The van der Waals surface area contributed by atoms with Gasteiger partial charge in [0.1, 0.15) is 5.82 Å². The van der Waals surface area contributed by atoms with Crippen LogP contribution < -0.4 is 0 Å². The number of aromatic nitrogens is 2. The molecule has 1 aromatic heterocycles. The number of Topliss-reactive ketones (excluding diaryl/α,β-unsaturated/α-hetero) is 1. The number of hydrogen-bond donors (Lipinski definition) is 0. The largest absolute Gasteiger partial charge is 0.295 e. The van der Waals surface area contributed by atoms with E-state index in [2.05, 4.69) is 9.97 Å². The molecule has 0 saturated heterocycles. The summed E-state index contributed by atoms with van der Waals surface area (Å²) in [5.41, 5.74) is 0.479. The predicted octanol–water partition coefficient (Wildman–Crippen LogP) is 6.68. The molecule has 0 aliphatic carbocycles. The van der Waals surface area contributed by atoms with Crippen molar-refractivity contribution in [3.05, 3.63) is 70.3 Å². The fourth-order valence-corrected chi connectivity index (χ4v) is 4.01. The van der Waals surface area contributed by atoms with Crippen molar-refractivity contribution in [3.63, 3.8) is 0 Å². The van der Waals surface area contributed by atoms with E-state index in [0.29, 0.717) is 5.56 Å². The van der Waals surface area contributed by atoms with E-state index in [1.165, 1.54) is 57.8 Å². The standard InChI is InChI=1S/C26H37N3O3/c30-24(26(29(31)32)23-17-12-11-13-18-23)19-14-9-7-5-3-1-2-4-6-8-10-15-20-25-27-21-16-22-28-25/h11-13,16-18,21-22,26H,1-10,14-15,19-20H2. The van der Waals surface area contributed by atoms with Gasteiger partial charge in [-0.15, -0.1) is 0 Å². The summed E-state index contributed by atoms with van der Waals surface area (Å²) in [5, 5.41) is 11.3. The van der Waals surface area contributed by atoms with Crippen LogP contribution in [0.3, 0.4) is 0 Å². The molecule has 32 heavy (non-hydrogen) atoms. The van der Waals surface area contributed by atoms with Gasteiger partial charge in [-0.3, -0.25) is 14.9 Å². The van der Waals surface area contributed by atoms with Gasteiger partial charge < -0.3 is 0 Å². The Hall–Kier alpha value is -2.63. The molecule has 0 amide bonds. The smallest absolute Gasteiger partial charge is 0.292 e. The topological polar surface area (TPSA) is 86.0 Å². The van der Waals surface area contributed by atoms with E-state index in [-0.39, 0.29) is 12.2 Å². The number of hydrogen-bond acceptors (Lipinski definition) is 5. The first-order valence-electron chi connectivity index (χ1n) is 12.2. The molecule has 2 rings (SSSR count). The Morgan fingerprint density at radius 2 is 1.25 bits per heavy atom. The SMILES string of the molecule is O=C(CCCCCCCCCCCCCCc1ncccn1)C(c1ccccc1)[N+](=O)[O-]. The summed E-state index contributed by atoms with van der Waals surface area (Å²) >= 11 is 0. The van der Waals surface area contributed by atoms with Crippen LogP contribution in [0.15, 0.2) is 48.8 Å². The minimum Gasteiger partial charge on any atom is -0.292 e. The first kappa shape index (κ1) is 25.6. The number of nitro groups is 1. The van der Waals surface area contributed by atoms with Crippen molar-refractivity contribution in [2.45, 2.75) is 95.9 Å². The quantitative estimate of drug-likeness (QED) is 0.147. The molecule has 0 fully saturated rings. The molecule has 0 N–H and O–H groups in total. The maximum atomic E-state index is 12.3. The fraction of sp³-hybridized carbons (Fsp3) is 0.577. The molecule has 6 nitrogen and oxygen atoms in total. The average Bonchev–Trinajstić information content (AvgIpc) is 2.80. The highest BCUT2D eigenvalue weighted by Crippen LogP contribution is 2.21. The van der Waals surface area contributed by atoms with E-state index in [1.54, 1.807) is 42.7 Å². The lowest BCUT2D eigenvalue weighted by molar-refractivity contribution is -0.513. The van der Waals surface area contributed by atoms with E-state index in [0.717, 1.165) is 31.5 Å². The molecule has 1 aromatic carbocycles. The third kappa shape index (κ3) is 10.6. The molecule has 0 aliphatic rings. The van der Waals surface area contributed by atoms with Crippen LogP contribution in [-0.2, 0) is 11.2 Å². The molecule has 0 radical (unpaired) electrons. The Bertz CT molecular complexity index is 768. The van der Waals surface area contributed by atoms with Gasteiger partial charge in [0.2, 0.25) is 5.78 Å². The first-order chi connectivity index (χ1) is 15.7. The highest BCUT2D eigenvalue weighted by Gasteiger charge is 2.30. The van der Waals surface area contributed by atoms with E-state index < -0.39 is 11.0 Å². The van der Waals surface area contributed by atoms with E-state index >= 15 is 0 Å². The molecule has 0 saturated carbocycles. The molecule has 0 bridgehead atoms. The lowest BCUT2D eigenvalue weighted by Crippen LogP contribution is -2.20. The van der Waals surface area contributed by atoms with Gasteiger partial charge in [-0.25, -0.2) is 9.97 Å². The summed E-state index contributed by atoms with van der Waals surface area (Å²) < 4.78 is 0. The molecule has 1 atom stereocenters. The summed E-state index contributed by atoms with van der Waals surface area (Å²) in [6, 6.07) is 9.22. The Morgan fingerprint density at radius 3 is 1.78 bits per heavy atom. The van der Waals surface area contributed by atoms with Crippen molar-refractivity contribution in [2.75, 3.05) is 0 Å². The summed E-state index contributed by atoms with van der Waals surface area (Å²) in [4.78, 5) is 31.7. The lowest BCUT2D eigenvalue weighted by atomic mass is 9.98. The number of carbonyl (C=O) groups is 1. The second kappa shape index (κ2) is 16.1. The summed E-state index contributed by atoms with van der Waals surface area (Å²) in [7, 11) is 0. The number of carbonyl (C=O) groups excluding carboxylic acids is 1. The molecule has 1 heterocycles. The Labute approximate surface area is 192 Å². The second-order valence-electron chi connectivity index (χ2n) is 8.47. The average molecular weight is 440 g/mol. The van der Waals surface area contributed by atoms with E-state index in [4.69, 9.17) is 0 Å². The minimum absolute atomic E-state index is 0.280. The van der Waals surface area contributed by atoms with Crippen molar-refractivity contribution in [3.8, 4) is 0 Å². The molecule has 1 unspecified atom stereocenters. The van der Waals surface area contributed by atoms with Crippen molar-refractivity contribution in [1.82, 2.24) is 9.97 Å². The number of ketones is 1. The van der Waals surface area contributed by atoms with E-state index in [1.807, 2.05) is 6.07 Å². The number of unbranched alkanes of at least 4 members (excludes halogenated alkanes) is 11. The van der Waals surface area contributed by atoms with Crippen LogP contribution in [0.5, 0.6) is 0 Å². The maximum absolute atomic E-state index is 12.3. The number of aryl methyl sites for hydroxylation is 1. The van der Waals surface area contributed by atoms with Crippen LogP contribution in [0.1, 0.15) is 101 Å². The summed E-state index contributed by atoms with van der Waals surface area (Å²) in [6.07, 6.45) is 19.0. The van der Waals surface area contributed by atoms with Crippen LogP contribution in [-0.4, -0.2) is 20.7 Å². The molecular formula is C26H37N3O3. The third-order valence-electron chi connectivity index (χ3n) is 5.82. The maximum Gasteiger partial charge on any atom is 0.295 e. The van der Waals surface area contributed by atoms with E-state index in [9.17, 15) is 14.9 Å². The van der Waals surface area contributed by atoms with Gasteiger partial charge in [-0.05, 0) is 18.9 Å². The third-order valence-corrected chi connectivity index (χ3v) is 5.82. The Balaban J connectivity index is 1.40. The second-order valence-corrected chi connectivity index (χ2v) is 8.47. The molecule has 2 aromatic rings. The normalized spacial score (nSPS) is 11.9. The summed E-state index contributed by atoms with van der Waals surface area (Å²) in [5.74, 6) is 0.670. The van der Waals surface area contributed by atoms with Crippen LogP contribution in [0, 0.1) is 10.1 Å². The monoisotopic (exact) mass is 439 g/mol. The Kier molecular flexibility index (Phi) is 12.9. The van der Waals surface area contributed by atoms with Crippen molar-refractivity contribution in [1.29, 1.82) is 0 Å².